The fourth-order valence-corrected chi connectivity index (χ4v) is 13.2. The lowest BCUT2D eigenvalue weighted by atomic mass is 9.48. The van der Waals surface area contributed by atoms with Gasteiger partial charge in [-0.25, -0.2) is 0 Å². The number of methoxy groups -OCH3 is 2. The lowest BCUT2D eigenvalue weighted by molar-refractivity contribution is -0.258. The minimum absolute atomic E-state index is 0.194. The first-order chi connectivity index (χ1) is 23.2. The number of hydrogen-bond donors (Lipinski definition) is 1. The van der Waals surface area contributed by atoms with Crippen LogP contribution in [0.5, 0.6) is 5.75 Å². The van der Waals surface area contributed by atoms with Crippen molar-refractivity contribution in [3.63, 3.8) is 0 Å². The van der Waals surface area contributed by atoms with Crippen LogP contribution in [0.1, 0.15) is 53.5 Å². The lowest BCUT2D eigenvalue weighted by Crippen LogP contribution is -2.71. The number of rotatable bonds is 14. The predicted octanol–water partition coefficient (Wildman–Crippen LogP) is 6.83. The van der Waals surface area contributed by atoms with Crippen LogP contribution in [0.4, 0.5) is 0 Å². The van der Waals surface area contributed by atoms with Crippen molar-refractivity contribution in [2.75, 3.05) is 20.8 Å². The average Bonchev–Trinajstić information content (AvgIpc) is 3.33. The van der Waals surface area contributed by atoms with Crippen molar-refractivity contribution in [1.29, 1.82) is 0 Å². The Kier molecular flexibility index (Phi) is 11.5. The van der Waals surface area contributed by atoms with Gasteiger partial charge in [0.15, 0.2) is 0 Å². The van der Waals surface area contributed by atoms with Crippen LogP contribution in [0.25, 0.3) is 0 Å². The van der Waals surface area contributed by atoms with E-state index in [0.29, 0.717) is 6.42 Å². The average molecular weight is 799 g/mol. The van der Waals surface area contributed by atoms with Crippen LogP contribution in [-0.4, -0.2) is 64.1 Å². The Morgan fingerprint density at radius 1 is 1.00 bits per heavy atom. The van der Waals surface area contributed by atoms with E-state index in [4.69, 9.17) is 23.4 Å². The summed E-state index contributed by atoms with van der Waals surface area (Å²) in [6, 6.07) is 28.8. The van der Waals surface area contributed by atoms with E-state index in [0.717, 1.165) is 25.3 Å². The minimum atomic E-state index is -2.97. The summed E-state index contributed by atoms with van der Waals surface area (Å²) in [5.41, 5.74) is -0.516. The molecule has 1 aliphatic carbocycles. The van der Waals surface area contributed by atoms with Crippen molar-refractivity contribution in [3.8, 4) is 5.75 Å². The molecule has 0 aromatic heterocycles. The monoisotopic (exact) mass is 798 g/mol. The van der Waals surface area contributed by atoms with Crippen LogP contribution in [0.3, 0.4) is 0 Å². The second-order valence-electron chi connectivity index (χ2n) is 15.0. The van der Waals surface area contributed by atoms with Crippen LogP contribution in [0.15, 0.2) is 94.6 Å². The highest BCUT2D eigenvalue weighted by Crippen LogP contribution is 2.65. The second-order valence-corrected chi connectivity index (χ2v) is 21.0. The third kappa shape index (κ3) is 7.04. The fourth-order valence-electron chi connectivity index (χ4n) is 8.27. The summed E-state index contributed by atoms with van der Waals surface area (Å²) < 4.78 is 33.0. The van der Waals surface area contributed by atoms with Gasteiger partial charge in [0.05, 0.1) is 32.3 Å². The molecular weight excluding hydrogens is 747 g/mol. The Bertz CT molecular complexity index is 1540. The molecular formula is C40H51IO7Si. The molecule has 1 heterocycles. The molecule has 2 aliphatic rings. The van der Waals surface area contributed by atoms with E-state index < -0.39 is 49.5 Å². The van der Waals surface area contributed by atoms with Crippen molar-refractivity contribution >= 4 is 47.3 Å². The molecule has 0 unspecified atom stereocenters. The molecule has 9 heteroatoms. The third-order valence-corrected chi connectivity index (χ3v) is 16.0. The van der Waals surface area contributed by atoms with Gasteiger partial charge in [-0.2, -0.15) is 0 Å². The Balaban J connectivity index is 1.59. The number of aliphatic hydroxyl groups excluding tert-OH is 1. The van der Waals surface area contributed by atoms with Crippen LogP contribution in [0, 0.1) is 17.3 Å². The first-order valence-electron chi connectivity index (χ1n) is 17.0. The summed E-state index contributed by atoms with van der Waals surface area (Å²) in [6.45, 7) is 13.4. The number of halogens is 1. The number of hydrogen-bond acceptors (Lipinski definition) is 7. The molecule has 2 fully saturated rings. The van der Waals surface area contributed by atoms with Gasteiger partial charge in [0.2, 0.25) is 0 Å². The van der Waals surface area contributed by atoms with Gasteiger partial charge in [-0.05, 0) is 78.7 Å². The normalized spacial score (nSPS) is 24.0. The zero-order chi connectivity index (χ0) is 35.6. The van der Waals surface area contributed by atoms with Gasteiger partial charge >= 0.3 is 5.97 Å². The summed E-state index contributed by atoms with van der Waals surface area (Å²) in [7, 11) is 0.228. The Morgan fingerprint density at radius 3 is 2.04 bits per heavy atom. The van der Waals surface area contributed by atoms with Crippen LogP contribution in [-0.2, 0) is 30.0 Å². The van der Waals surface area contributed by atoms with E-state index in [2.05, 4.69) is 106 Å². The summed E-state index contributed by atoms with van der Waals surface area (Å²) in [5, 5.41) is 13.7. The Morgan fingerprint density at radius 2 is 1.57 bits per heavy atom. The maximum absolute atomic E-state index is 14.0. The van der Waals surface area contributed by atoms with Gasteiger partial charge in [0.25, 0.3) is 8.32 Å². The molecule has 3 aromatic carbocycles. The summed E-state index contributed by atoms with van der Waals surface area (Å²) in [4.78, 5) is 14.0. The molecule has 0 radical (unpaired) electrons. The fraction of sp³-hybridized carbons (Fsp3) is 0.475. The van der Waals surface area contributed by atoms with Crippen LogP contribution < -0.4 is 15.1 Å². The molecule has 1 N–H and O–H groups in total. The first kappa shape index (κ1) is 37.7. The Hall–Kier alpha value is -2.54. The number of esters is 1. The minimum Gasteiger partial charge on any atom is -0.497 e. The number of fused-ring (bicyclic) bond motifs is 1. The van der Waals surface area contributed by atoms with Crippen molar-refractivity contribution in [2.24, 2.45) is 17.3 Å². The van der Waals surface area contributed by atoms with E-state index in [1.54, 1.807) is 14.2 Å². The maximum atomic E-state index is 14.0. The lowest BCUT2D eigenvalue weighted by Gasteiger charge is -2.60. The summed E-state index contributed by atoms with van der Waals surface area (Å²) in [5.74, 6) is -0.730. The SMILES string of the molecule is COc1ccc(CO[C@@H](CO[Si](c2ccccc2)(c2ccccc2)C(C)(C)C)[C@]23OC(=O)[C@H]([C@@H](O)[C@@H](/C=C(\C)I)OC)[C@H]2CC3(C)C)cc1. The standard InChI is InChI=1S/C40H51IO7Si/c1-27(41)23-33(45-8)36(42)35-32-24-39(5,6)40(32,48-37(35)43)34(46-25-28-19-21-29(44-7)22-20-28)26-47-49(38(2,3)4,30-15-11-9-12-16-30)31-17-13-10-14-18-31/h9-23,32-36,42H,24-26H2,1-8H3/b27-23+/t32-,33-,34+,35+,36+,40-/m1/s1. The van der Waals surface area contributed by atoms with Gasteiger partial charge in [0, 0.05) is 18.4 Å². The number of allylic oxidation sites excluding steroid dienone is 1. The number of carbonyl (C=O) groups is 1. The molecule has 0 amide bonds. The number of aliphatic hydroxyl groups is 1. The molecule has 264 valence electrons. The molecule has 7 nitrogen and oxygen atoms in total. The topological polar surface area (TPSA) is 83.5 Å². The largest absolute Gasteiger partial charge is 0.497 e. The van der Waals surface area contributed by atoms with Crippen molar-refractivity contribution in [3.05, 3.63) is 100 Å². The van der Waals surface area contributed by atoms with E-state index in [9.17, 15) is 9.90 Å². The molecule has 1 saturated carbocycles. The van der Waals surface area contributed by atoms with Crippen LogP contribution >= 0.6 is 22.6 Å². The first-order valence-corrected chi connectivity index (χ1v) is 20.0. The molecule has 1 aliphatic heterocycles. The van der Waals surface area contributed by atoms with Crippen LogP contribution in [0.2, 0.25) is 5.04 Å². The van der Waals surface area contributed by atoms with Crippen molar-refractivity contribution in [2.45, 2.75) is 83.5 Å². The summed E-state index contributed by atoms with van der Waals surface area (Å²) in [6.07, 6.45) is 0.178. The number of carbonyl (C=O) groups excluding carboxylic acids is 1. The van der Waals surface area contributed by atoms with E-state index >= 15 is 0 Å². The molecule has 6 atom stereocenters. The molecule has 5 rings (SSSR count). The zero-order valence-electron chi connectivity index (χ0n) is 29.9. The van der Waals surface area contributed by atoms with Gasteiger partial charge in [-0.3, -0.25) is 4.79 Å². The highest BCUT2D eigenvalue weighted by molar-refractivity contribution is 14.1. The quantitative estimate of drug-likeness (QED) is 0.109. The Labute approximate surface area is 306 Å². The molecule has 1 saturated heterocycles. The third-order valence-electron chi connectivity index (χ3n) is 10.6. The van der Waals surface area contributed by atoms with Gasteiger partial charge in [-0.15, -0.1) is 0 Å². The zero-order valence-corrected chi connectivity index (χ0v) is 33.1. The molecule has 3 aromatic rings. The van der Waals surface area contributed by atoms with Gasteiger partial charge in [-0.1, -0.05) is 107 Å². The maximum Gasteiger partial charge on any atom is 0.312 e. The smallest absolute Gasteiger partial charge is 0.312 e. The number of benzene rings is 3. The molecule has 0 spiro atoms. The highest BCUT2D eigenvalue weighted by atomic mass is 127. The van der Waals surface area contributed by atoms with Crippen molar-refractivity contribution in [1.82, 2.24) is 0 Å². The van der Waals surface area contributed by atoms with Gasteiger partial charge in [0.1, 0.15) is 23.6 Å². The highest BCUT2D eigenvalue weighted by Gasteiger charge is 2.75. The van der Waals surface area contributed by atoms with E-state index in [1.165, 1.54) is 0 Å². The summed E-state index contributed by atoms with van der Waals surface area (Å²) >= 11 is 2.19. The second kappa shape index (κ2) is 15.0. The molecule has 0 bridgehead atoms. The predicted molar refractivity (Wildman–Crippen MR) is 204 cm³/mol. The van der Waals surface area contributed by atoms with E-state index in [-0.39, 0.29) is 24.2 Å². The van der Waals surface area contributed by atoms with Crippen molar-refractivity contribution < 1.29 is 33.3 Å². The molecule has 49 heavy (non-hydrogen) atoms. The van der Waals surface area contributed by atoms with E-state index in [1.807, 2.05) is 49.4 Å². The van der Waals surface area contributed by atoms with Gasteiger partial charge < -0.3 is 28.5 Å². The number of ether oxygens (including phenoxy) is 4.